The summed E-state index contributed by atoms with van der Waals surface area (Å²) in [4.78, 5) is 0. The Balaban J connectivity index is -0.0000000953. The van der Waals surface area contributed by atoms with Crippen LogP contribution in [0.1, 0.15) is 138 Å². The number of hydrogen-bond donors (Lipinski definition) is 0. The van der Waals surface area contributed by atoms with Crippen molar-refractivity contribution >= 4 is 163 Å². The maximum absolute atomic E-state index is 10.1. The molecule has 0 aromatic carbocycles. The van der Waals surface area contributed by atoms with Crippen LogP contribution in [0.3, 0.4) is 0 Å². The molecule has 6 aliphatic heterocycles. The van der Waals surface area contributed by atoms with Crippen LogP contribution in [0.25, 0.3) is 13.9 Å². The van der Waals surface area contributed by atoms with E-state index in [2.05, 4.69) is 118 Å². The average molecular weight is 1290 g/mol. The topological polar surface area (TPSA) is 167 Å². The molecule has 6 heterocycles. The molecule has 6 rings (SSSR count). The van der Waals surface area contributed by atoms with Gasteiger partial charge in [0.2, 0.25) is 0 Å². The molecular weight excluding hydrogens is 1160 g/mol. The summed E-state index contributed by atoms with van der Waals surface area (Å²) in [6, 6.07) is 0. The smallest absolute Gasteiger partial charge is 0.876 e. The summed E-state index contributed by atoms with van der Waals surface area (Å²) in [6.45, 7) is 64.2. The Kier molecular flexibility index (Phi) is 85.3. The van der Waals surface area contributed by atoms with Crippen LogP contribution in [0.15, 0.2) is 35.5 Å². The van der Waals surface area contributed by atoms with Crippen molar-refractivity contribution in [1.82, 2.24) is 0 Å². The Morgan fingerprint density at radius 1 is 0.282 bits per heavy atom. The fraction of sp³-hybridized carbons (Fsp3) is 0.895. The molecule has 6 saturated heterocycles. The molecule has 0 spiro atoms. The van der Waals surface area contributed by atoms with Crippen LogP contribution in [-0.2, 0) is 28.4 Å². The van der Waals surface area contributed by atoms with Crippen LogP contribution in [0.4, 0.5) is 0 Å². The van der Waals surface area contributed by atoms with Gasteiger partial charge >= 0.3 is 113 Å². The quantitative estimate of drug-likeness (QED) is 0.161. The van der Waals surface area contributed by atoms with Gasteiger partial charge in [-0.25, -0.2) is 0 Å². The van der Waals surface area contributed by atoms with E-state index < -0.39 is 49.4 Å². The first-order valence-electron chi connectivity index (χ1n) is 29.2. The SMILES string of the molecule is C/C=C(\[O-])CC.C/C=C(\[O-])CC.C/C=C(\[O-])CC.C1CCOC1.C1CCOC1.C1CCOC1.C1CCOC1.C1CCOC1.C1CCOC1.C[Si](C)(C)[N-][Si](C)(C)C.C[Si](C)(C)[N-][Si](C)(C)C.C[Si](C)(C)[N-][Si](C)(C)C.[Ca+2].[Ca+2].[Ca+2]. The number of hydrogen-bond acceptors (Lipinski definition) is 9. The van der Waals surface area contributed by atoms with Crippen molar-refractivity contribution in [2.24, 2.45) is 0 Å². The molecule has 0 aliphatic carbocycles. The summed E-state index contributed by atoms with van der Waals surface area (Å²) in [6.07, 6.45) is 22.0. The molecule has 0 N–H and O–H groups in total. The first-order chi connectivity index (χ1) is 34.5. The third-order valence-corrected chi connectivity index (χ3v) is 25.1. The van der Waals surface area contributed by atoms with Crippen LogP contribution < -0.4 is 15.3 Å². The molecule has 0 saturated carbocycles. The van der Waals surface area contributed by atoms with Gasteiger partial charge in [-0.1, -0.05) is 206 Å². The minimum Gasteiger partial charge on any atom is -0.876 e. The van der Waals surface area contributed by atoms with Crippen molar-refractivity contribution in [3.8, 4) is 0 Å². The number of rotatable bonds is 9. The molecule has 0 aromatic heterocycles. The van der Waals surface area contributed by atoms with E-state index in [-0.39, 0.29) is 130 Å². The Labute approximate surface area is 583 Å². The zero-order valence-corrected chi connectivity index (χ0v) is 69.1. The summed E-state index contributed by atoms with van der Waals surface area (Å²) in [7, 11) is -6.64. The number of nitrogens with zero attached hydrogens (tertiary/aromatic N) is 3. The van der Waals surface area contributed by atoms with Crippen LogP contribution in [-0.4, -0.2) is 242 Å². The Bertz CT molecular complexity index is 1010. The zero-order chi connectivity index (χ0) is 59.3. The monoisotopic (exact) mass is 1290 g/mol. The summed E-state index contributed by atoms with van der Waals surface area (Å²) in [5.74, 6) is 0.653. The van der Waals surface area contributed by atoms with Gasteiger partial charge in [-0.2, -0.15) is 0 Å². The minimum atomic E-state index is -1.11. The van der Waals surface area contributed by atoms with Crippen molar-refractivity contribution in [2.75, 3.05) is 79.3 Å². The molecule has 21 heteroatoms. The van der Waals surface area contributed by atoms with Gasteiger partial charge < -0.3 is 57.7 Å². The minimum absolute atomic E-state index is 0. The van der Waals surface area contributed by atoms with E-state index in [0.717, 1.165) is 79.3 Å². The van der Waals surface area contributed by atoms with Crippen molar-refractivity contribution in [2.45, 2.75) is 256 Å². The molecule has 78 heavy (non-hydrogen) atoms. The first-order valence-corrected chi connectivity index (χ1v) is 49.9. The van der Waals surface area contributed by atoms with Crippen LogP contribution in [0, 0.1) is 0 Å². The second kappa shape index (κ2) is 66.3. The van der Waals surface area contributed by atoms with Crippen molar-refractivity contribution in [3.63, 3.8) is 0 Å². The molecule has 0 unspecified atom stereocenters. The van der Waals surface area contributed by atoms with E-state index in [4.69, 9.17) is 42.4 Å². The van der Waals surface area contributed by atoms with E-state index in [0.29, 0.717) is 19.3 Å². The van der Waals surface area contributed by atoms with Crippen molar-refractivity contribution < 1.29 is 43.7 Å². The molecule has 6 fully saturated rings. The fourth-order valence-electron chi connectivity index (χ4n) is 6.69. The summed E-state index contributed by atoms with van der Waals surface area (Å²) in [5, 5.41) is 30.4. The fourth-order valence-corrected chi connectivity index (χ4v) is 30.8. The summed E-state index contributed by atoms with van der Waals surface area (Å²) >= 11 is 0. The molecule has 0 aromatic rings. The first kappa shape index (κ1) is 100. The van der Waals surface area contributed by atoms with E-state index in [1.165, 1.54) is 77.0 Å². The summed E-state index contributed by atoms with van der Waals surface area (Å²) in [5.41, 5.74) is 0. The average Bonchev–Trinajstić information content (AvgIpc) is 4.15. The molecular formula is C57H129Ca3N3O9Si6. The van der Waals surface area contributed by atoms with Crippen molar-refractivity contribution in [3.05, 3.63) is 49.4 Å². The van der Waals surface area contributed by atoms with Gasteiger partial charge in [0, 0.05) is 79.3 Å². The molecule has 0 radical (unpaired) electrons. The van der Waals surface area contributed by atoms with E-state index in [1.807, 2.05) is 20.8 Å². The normalized spacial score (nSPS) is 16.8. The third kappa shape index (κ3) is 121. The molecule has 12 nitrogen and oxygen atoms in total. The van der Waals surface area contributed by atoms with E-state index >= 15 is 0 Å². The Hall–Kier alpha value is 3.34. The molecule has 6 aliphatic rings. The van der Waals surface area contributed by atoms with Gasteiger partial charge in [-0.15, -0.1) is 17.3 Å². The van der Waals surface area contributed by atoms with Crippen LogP contribution >= 0.6 is 0 Å². The van der Waals surface area contributed by atoms with Gasteiger partial charge in [0.15, 0.2) is 0 Å². The molecule has 0 atom stereocenters. The van der Waals surface area contributed by atoms with Crippen LogP contribution in [0.5, 0.6) is 0 Å². The second-order valence-corrected chi connectivity index (χ2v) is 53.3. The molecule has 456 valence electrons. The van der Waals surface area contributed by atoms with Gasteiger partial charge in [0.05, 0.1) is 0 Å². The van der Waals surface area contributed by atoms with Gasteiger partial charge in [-0.3, -0.25) is 0 Å². The maximum atomic E-state index is 10.1. The largest absolute Gasteiger partial charge is 2.00 e. The van der Waals surface area contributed by atoms with E-state index in [1.54, 1.807) is 39.0 Å². The number of ether oxygens (including phenoxy) is 6. The second-order valence-electron chi connectivity index (χ2n) is 24.6. The zero-order valence-electron chi connectivity index (χ0n) is 56.5. The third-order valence-electron chi connectivity index (χ3n) is 8.99. The van der Waals surface area contributed by atoms with Gasteiger partial charge in [-0.05, 0) is 117 Å². The van der Waals surface area contributed by atoms with E-state index in [9.17, 15) is 15.3 Å². The summed E-state index contributed by atoms with van der Waals surface area (Å²) < 4.78 is 44.1. The Morgan fingerprint density at radius 2 is 0.385 bits per heavy atom. The van der Waals surface area contributed by atoms with Crippen LogP contribution in [0.2, 0.25) is 118 Å². The van der Waals surface area contributed by atoms with Gasteiger partial charge in [0.25, 0.3) is 0 Å². The number of allylic oxidation sites excluding steroid dienone is 6. The standard InChI is InChI=1S/3C6H18NSi2.3C5H10O.6C4H8O.3Ca/c3*1-8(2,3)7-9(4,5)6;3*1-3-5(6)4-2;6*1-2-4-5-3-1;;;/h3*1-6H3;3*3,6H,4H2,1-2H3;6*1-4H2;;;/q3*-1;;;;;;;;;;3*+2/p-3/b;;;3*5-3-;;;;;;;;;. The van der Waals surface area contributed by atoms with Gasteiger partial charge in [0.1, 0.15) is 0 Å². The molecule has 0 amide bonds. The predicted molar refractivity (Wildman–Crippen MR) is 360 cm³/mol. The van der Waals surface area contributed by atoms with Crippen molar-refractivity contribution in [1.29, 1.82) is 0 Å². The maximum Gasteiger partial charge on any atom is 2.00 e. The Morgan fingerprint density at radius 3 is 0.397 bits per heavy atom. The molecule has 0 bridgehead atoms. The predicted octanol–water partition coefficient (Wildman–Crippen LogP) is 14.7.